The van der Waals surface area contributed by atoms with Gasteiger partial charge in [0.25, 0.3) is 0 Å². The van der Waals surface area contributed by atoms with E-state index >= 15 is 0 Å². The zero-order chi connectivity index (χ0) is 24.5. The summed E-state index contributed by atoms with van der Waals surface area (Å²) in [7, 11) is 1.72. The number of nitriles is 1. The number of pyridine rings is 1. The zero-order valence-electron chi connectivity index (χ0n) is 20.1. The maximum Gasteiger partial charge on any atom is 0.216 e. The van der Waals surface area contributed by atoms with Crippen LogP contribution in [0.25, 0.3) is 11.4 Å². The lowest BCUT2D eigenvalue weighted by Crippen LogP contribution is -2.38. The molecule has 9 nitrogen and oxygen atoms in total. The molecule has 188 valence electrons. The lowest BCUT2D eigenvalue weighted by Gasteiger charge is -2.30. The number of hydrogen-bond acceptors (Lipinski definition) is 9. The highest BCUT2D eigenvalue weighted by atomic mass is 35.5. The number of aromatic nitrogens is 3. The van der Waals surface area contributed by atoms with E-state index in [1.54, 1.807) is 25.6 Å². The molecule has 0 bridgehead atoms. The van der Waals surface area contributed by atoms with Gasteiger partial charge < -0.3 is 24.8 Å². The molecule has 0 amide bonds. The van der Waals surface area contributed by atoms with E-state index < -0.39 is 5.41 Å². The summed E-state index contributed by atoms with van der Waals surface area (Å²) in [5.41, 5.74) is 0.137. The number of rotatable bonds is 10. The Hall–Kier alpha value is -2.51. The van der Waals surface area contributed by atoms with E-state index in [9.17, 15) is 5.26 Å². The minimum absolute atomic E-state index is 0.267. The van der Waals surface area contributed by atoms with E-state index in [0.717, 1.165) is 44.7 Å². The van der Waals surface area contributed by atoms with Gasteiger partial charge in [0.2, 0.25) is 5.88 Å². The Labute approximate surface area is 211 Å². The van der Waals surface area contributed by atoms with Crippen LogP contribution in [0.3, 0.4) is 0 Å². The van der Waals surface area contributed by atoms with Crippen LogP contribution in [-0.2, 0) is 9.47 Å². The Morgan fingerprint density at radius 1 is 1.20 bits per heavy atom. The second kappa shape index (κ2) is 12.5. The lowest BCUT2D eigenvalue weighted by molar-refractivity contribution is 0.0183. The van der Waals surface area contributed by atoms with Crippen LogP contribution in [-0.4, -0.2) is 67.1 Å². The Kier molecular flexibility index (Phi) is 9.10. The van der Waals surface area contributed by atoms with Crippen molar-refractivity contribution in [3.63, 3.8) is 0 Å². The molecule has 2 aliphatic rings. The first-order chi connectivity index (χ1) is 17.1. The van der Waals surface area contributed by atoms with Crippen LogP contribution < -0.4 is 15.4 Å². The first-order valence-corrected chi connectivity index (χ1v) is 12.6. The van der Waals surface area contributed by atoms with Crippen molar-refractivity contribution in [1.29, 1.82) is 5.26 Å². The standard InChI is InChI=1S/C25H33ClN6O3/c1-33-13-10-28-18-2-4-19(5-3-18)31-22-14-20(21(26)15-30-22)24-29-9-6-23(32-24)35-17-25(16-27)7-11-34-12-8-25/h6,9,14-15,18-19,28H,2-5,7-8,10-13,17H2,1H3,(H,30,31). The largest absolute Gasteiger partial charge is 0.476 e. The van der Waals surface area contributed by atoms with Crippen molar-refractivity contribution in [2.45, 2.75) is 50.6 Å². The molecule has 2 N–H and O–H groups in total. The molecule has 4 rings (SSSR count). The van der Waals surface area contributed by atoms with E-state index in [0.29, 0.717) is 60.4 Å². The van der Waals surface area contributed by atoms with Crippen LogP contribution in [0.4, 0.5) is 5.82 Å². The highest BCUT2D eigenvalue weighted by molar-refractivity contribution is 6.33. The molecule has 1 saturated heterocycles. The lowest BCUT2D eigenvalue weighted by atomic mass is 9.83. The number of hydrogen-bond donors (Lipinski definition) is 2. The summed E-state index contributed by atoms with van der Waals surface area (Å²) in [6.45, 7) is 3.03. The molecule has 0 spiro atoms. The van der Waals surface area contributed by atoms with Gasteiger partial charge in [-0.1, -0.05) is 11.6 Å². The molecule has 1 saturated carbocycles. The quantitative estimate of drug-likeness (QED) is 0.469. The van der Waals surface area contributed by atoms with E-state index in [4.69, 9.17) is 25.8 Å². The molecule has 2 fully saturated rings. The molecule has 35 heavy (non-hydrogen) atoms. The van der Waals surface area contributed by atoms with Gasteiger partial charge in [-0.05, 0) is 44.6 Å². The molecule has 1 aliphatic carbocycles. The van der Waals surface area contributed by atoms with Crippen molar-refractivity contribution in [2.24, 2.45) is 5.41 Å². The Balaban J connectivity index is 1.38. The molecule has 0 radical (unpaired) electrons. The minimum Gasteiger partial charge on any atom is -0.476 e. The smallest absolute Gasteiger partial charge is 0.216 e. The summed E-state index contributed by atoms with van der Waals surface area (Å²) in [6, 6.07) is 6.89. The third kappa shape index (κ3) is 7.01. The highest BCUT2D eigenvalue weighted by Crippen LogP contribution is 2.32. The number of ether oxygens (including phenoxy) is 3. The normalized spacial score (nSPS) is 21.7. The van der Waals surface area contributed by atoms with Crippen LogP contribution >= 0.6 is 11.6 Å². The van der Waals surface area contributed by atoms with Gasteiger partial charge >= 0.3 is 0 Å². The van der Waals surface area contributed by atoms with Gasteiger partial charge in [0.15, 0.2) is 5.82 Å². The van der Waals surface area contributed by atoms with Gasteiger partial charge in [0, 0.05) is 63.0 Å². The average Bonchev–Trinajstić information content (AvgIpc) is 2.90. The van der Waals surface area contributed by atoms with Crippen LogP contribution in [0, 0.1) is 16.7 Å². The summed E-state index contributed by atoms with van der Waals surface area (Å²) in [4.78, 5) is 13.4. The van der Waals surface area contributed by atoms with E-state index in [-0.39, 0.29) is 6.61 Å². The second-order valence-electron chi connectivity index (χ2n) is 9.20. The summed E-state index contributed by atoms with van der Waals surface area (Å²) in [5.74, 6) is 1.63. The molecule has 0 aromatic carbocycles. The summed E-state index contributed by atoms with van der Waals surface area (Å²) >= 11 is 6.46. The van der Waals surface area contributed by atoms with Crippen molar-refractivity contribution in [2.75, 3.05) is 45.4 Å². The Morgan fingerprint density at radius 2 is 1.97 bits per heavy atom. The van der Waals surface area contributed by atoms with Crippen LogP contribution in [0.15, 0.2) is 24.5 Å². The fourth-order valence-corrected chi connectivity index (χ4v) is 4.71. The van der Waals surface area contributed by atoms with Crippen LogP contribution in [0.1, 0.15) is 38.5 Å². The fraction of sp³-hybridized carbons (Fsp3) is 0.600. The zero-order valence-corrected chi connectivity index (χ0v) is 20.9. The summed E-state index contributed by atoms with van der Waals surface area (Å²) < 4.78 is 16.4. The number of halogens is 1. The molecule has 2 aromatic heterocycles. The van der Waals surface area contributed by atoms with Crippen molar-refractivity contribution in [1.82, 2.24) is 20.3 Å². The van der Waals surface area contributed by atoms with E-state index in [1.165, 1.54) is 0 Å². The van der Waals surface area contributed by atoms with Crippen molar-refractivity contribution in [3.05, 3.63) is 29.5 Å². The van der Waals surface area contributed by atoms with Gasteiger partial charge in [-0.25, -0.2) is 9.97 Å². The molecular weight excluding hydrogens is 468 g/mol. The van der Waals surface area contributed by atoms with Crippen LogP contribution in [0.2, 0.25) is 5.02 Å². The predicted molar refractivity (Wildman–Crippen MR) is 133 cm³/mol. The summed E-state index contributed by atoms with van der Waals surface area (Å²) in [6.07, 6.45) is 8.92. The van der Waals surface area contributed by atoms with Crippen molar-refractivity contribution in [3.8, 4) is 23.3 Å². The van der Waals surface area contributed by atoms with Crippen molar-refractivity contribution >= 4 is 17.4 Å². The molecule has 3 heterocycles. The second-order valence-corrected chi connectivity index (χ2v) is 9.61. The monoisotopic (exact) mass is 500 g/mol. The summed E-state index contributed by atoms with van der Waals surface area (Å²) in [5, 5.41) is 17.2. The molecule has 2 aromatic rings. The van der Waals surface area contributed by atoms with Gasteiger partial charge in [-0.3, -0.25) is 0 Å². The maximum absolute atomic E-state index is 9.66. The van der Waals surface area contributed by atoms with Gasteiger partial charge in [0.1, 0.15) is 12.4 Å². The van der Waals surface area contributed by atoms with Gasteiger partial charge in [-0.2, -0.15) is 10.2 Å². The number of methoxy groups -OCH3 is 1. The van der Waals surface area contributed by atoms with E-state index in [1.807, 2.05) is 6.07 Å². The predicted octanol–water partition coefficient (Wildman–Crippen LogP) is 3.85. The minimum atomic E-state index is -0.549. The third-order valence-electron chi connectivity index (χ3n) is 6.73. The topological polar surface area (TPSA) is 114 Å². The maximum atomic E-state index is 9.66. The molecule has 10 heteroatoms. The van der Waals surface area contributed by atoms with Crippen LogP contribution in [0.5, 0.6) is 5.88 Å². The Morgan fingerprint density at radius 3 is 2.71 bits per heavy atom. The number of nitrogens with one attached hydrogen (secondary N) is 2. The van der Waals surface area contributed by atoms with Gasteiger partial charge in [-0.15, -0.1) is 0 Å². The Bertz CT molecular complexity index is 1000. The number of anilines is 1. The fourth-order valence-electron chi connectivity index (χ4n) is 4.52. The average molecular weight is 501 g/mol. The highest BCUT2D eigenvalue weighted by Gasteiger charge is 2.34. The third-order valence-corrected chi connectivity index (χ3v) is 7.03. The molecule has 1 aliphatic heterocycles. The first kappa shape index (κ1) is 25.6. The molecular formula is C25H33ClN6O3. The number of nitrogens with zero attached hydrogens (tertiary/aromatic N) is 4. The van der Waals surface area contributed by atoms with Gasteiger partial charge in [0.05, 0.1) is 23.1 Å². The molecule has 0 atom stereocenters. The van der Waals surface area contributed by atoms with E-state index in [2.05, 4.69) is 31.7 Å². The molecule has 0 unspecified atom stereocenters. The first-order valence-electron chi connectivity index (χ1n) is 12.2. The van der Waals surface area contributed by atoms with Crippen molar-refractivity contribution < 1.29 is 14.2 Å². The SMILES string of the molecule is COCCNC1CCC(Nc2cc(-c3nccc(OCC4(C#N)CCOCC4)n3)c(Cl)cn2)CC1.